The summed E-state index contributed by atoms with van der Waals surface area (Å²) >= 11 is 19.0. The lowest BCUT2D eigenvalue weighted by molar-refractivity contribution is -0.115. The number of alkyl halides is 3. The fraction of sp³-hybridized carbons (Fsp3) is 0.483. The number of rotatable bonds is 8. The van der Waals surface area contributed by atoms with Crippen molar-refractivity contribution < 1.29 is 13.2 Å². The van der Waals surface area contributed by atoms with Crippen molar-refractivity contribution in [2.45, 2.75) is 57.5 Å². The molecule has 2 atom stereocenters. The van der Waals surface area contributed by atoms with Crippen molar-refractivity contribution >= 4 is 57.7 Å². The van der Waals surface area contributed by atoms with E-state index in [1.807, 2.05) is 17.4 Å². The number of nitrogens with zero attached hydrogens (tertiary/aromatic N) is 4. The molecule has 0 unspecified atom stereocenters. The third-order valence-corrected chi connectivity index (χ3v) is 9.07. The Morgan fingerprint density at radius 3 is 2.30 bits per heavy atom. The number of likely N-dealkylation sites (tertiary alicyclic amines) is 1. The fourth-order valence-corrected chi connectivity index (χ4v) is 6.72. The maximum Gasteiger partial charge on any atom is 0.405 e. The van der Waals surface area contributed by atoms with Gasteiger partial charge in [-0.15, -0.1) is 0 Å². The highest BCUT2D eigenvalue weighted by Gasteiger charge is 2.36. The number of nitrogens with one attached hydrogen (secondary N) is 2. The van der Waals surface area contributed by atoms with Crippen LogP contribution in [0.2, 0.25) is 15.1 Å². The summed E-state index contributed by atoms with van der Waals surface area (Å²) in [5.74, 6) is 0.585. The Labute approximate surface area is 262 Å². The number of benzene rings is 1. The van der Waals surface area contributed by atoms with Gasteiger partial charge in [-0.3, -0.25) is 19.4 Å². The summed E-state index contributed by atoms with van der Waals surface area (Å²) < 4.78 is 37.7. The highest BCUT2D eigenvalue weighted by atomic mass is 35.5. The lowest BCUT2D eigenvalue weighted by Crippen LogP contribution is -2.61. The van der Waals surface area contributed by atoms with Crippen LogP contribution < -0.4 is 26.4 Å². The quantitative estimate of drug-likeness (QED) is 0.289. The van der Waals surface area contributed by atoms with Crippen molar-refractivity contribution in [3.63, 3.8) is 0 Å². The second-order valence-electron chi connectivity index (χ2n) is 11.3. The van der Waals surface area contributed by atoms with E-state index >= 15 is 0 Å². The zero-order valence-electron chi connectivity index (χ0n) is 23.6. The number of anilines is 4. The first-order chi connectivity index (χ1) is 20.3. The molecule has 3 aromatic rings. The molecule has 0 spiro atoms. The Balaban J connectivity index is 1.18. The Morgan fingerprint density at radius 2 is 1.65 bits per heavy atom. The van der Waals surface area contributed by atoms with E-state index in [0.29, 0.717) is 39.2 Å². The largest absolute Gasteiger partial charge is 0.405 e. The minimum absolute atomic E-state index is 0.123. The molecular weight excluding hydrogens is 628 g/mol. The molecule has 0 amide bonds. The highest BCUT2D eigenvalue weighted by Crippen LogP contribution is 2.33. The molecule has 0 aliphatic carbocycles. The fourth-order valence-electron chi connectivity index (χ4n) is 5.98. The van der Waals surface area contributed by atoms with Crippen molar-refractivity contribution in [3.05, 3.63) is 71.5 Å². The van der Waals surface area contributed by atoms with Gasteiger partial charge in [0.15, 0.2) is 0 Å². The molecule has 232 valence electrons. The summed E-state index contributed by atoms with van der Waals surface area (Å²) in [4.78, 5) is 35.4. The van der Waals surface area contributed by atoms with Gasteiger partial charge in [0.2, 0.25) is 0 Å². The van der Waals surface area contributed by atoms with Gasteiger partial charge in [-0.1, -0.05) is 40.9 Å². The van der Waals surface area contributed by atoms with Gasteiger partial charge in [0.05, 0.1) is 16.9 Å². The second-order valence-corrected chi connectivity index (χ2v) is 12.6. The maximum atomic E-state index is 12.6. The summed E-state index contributed by atoms with van der Waals surface area (Å²) in [6, 6.07) is 8.03. The zero-order chi connectivity index (χ0) is 31.1. The molecule has 2 aromatic carbocycles. The van der Waals surface area contributed by atoms with E-state index in [1.54, 1.807) is 12.1 Å². The van der Waals surface area contributed by atoms with Crippen LogP contribution in [0, 0.1) is 0 Å². The second kappa shape index (κ2) is 12.8. The molecule has 8 nitrogen and oxygen atoms in total. The molecular formula is C29H32Cl3F3N6O2. The Kier molecular flexibility index (Phi) is 9.48. The first kappa shape index (κ1) is 31.8. The smallest absolute Gasteiger partial charge is 0.371 e. The van der Waals surface area contributed by atoms with Gasteiger partial charge in [-0.2, -0.15) is 13.2 Å². The standard InChI is InChI=1S/C29H32Cl3F3N6O2/c1-16-13-41(17(2)12-40(16)21-5-7-39(8-6-21)14-18-3-4-19(30)9-22(18)31)28-23(32)10-20(11-36-28)38-25-24(26(42)27(25)43)37-15-29(33,34)35/h3-4,9-11,16-17,21,37-38H,5-8,12-15H2,1-2H3/t16-,17+/m1/s1. The lowest BCUT2D eigenvalue weighted by Gasteiger charge is -2.49. The predicted molar refractivity (Wildman–Crippen MR) is 166 cm³/mol. The minimum atomic E-state index is -4.54. The summed E-state index contributed by atoms with van der Waals surface area (Å²) in [5, 5.41) is 6.34. The molecule has 1 aromatic heterocycles. The summed E-state index contributed by atoms with van der Waals surface area (Å²) in [5.41, 5.74) is -1.17. The van der Waals surface area contributed by atoms with Crippen molar-refractivity contribution in [1.29, 1.82) is 0 Å². The third kappa shape index (κ3) is 7.23. The van der Waals surface area contributed by atoms with Crippen LogP contribution in [0.3, 0.4) is 0 Å². The molecule has 2 aliphatic heterocycles. The Hall–Kier alpha value is -2.57. The predicted octanol–water partition coefficient (Wildman–Crippen LogP) is 5.92. The van der Waals surface area contributed by atoms with E-state index in [1.165, 1.54) is 6.20 Å². The van der Waals surface area contributed by atoms with Crippen molar-refractivity contribution in [1.82, 2.24) is 14.8 Å². The Morgan fingerprint density at radius 1 is 0.953 bits per heavy atom. The van der Waals surface area contributed by atoms with E-state index in [0.717, 1.165) is 44.6 Å². The molecule has 0 radical (unpaired) electrons. The van der Waals surface area contributed by atoms with Gasteiger partial charge in [0.25, 0.3) is 10.9 Å². The van der Waals surface area contributed by atoms with E-state index in [4.69, 9.17) is 34.8 Å². The number of halogens is 6. The van der Waals surface area contributed by atoms with Crippen molar-refractivity contribution in [2.75, 3.05) is 48.3 Å². The maximum absolute atomic E-state index is 12.6. The minimum Gasteiger partial charge on any atom is -0.371 e. The topological polar surface area (TPSA) is 80.8 Å². The molecule has 2 fully saturated rings. The average Bonchev–Trinajstić information content (AvgIpc) is 2.95. The SMILES string of the molecule is C[C@@H]1CN(c2ncc(Nc3c(NCC(F)(F)F)c(=O)c3=O)cc2Cl)[C@@H](C)CN1C1CCN(Cc2ccc(Cl)cc2Cl)CC1. The van der Waals surface area contributed by atoms with Crippen LogP contribution >= 0.6 is 34.8 Å². The van der Waals surface area contributed by atoms with Crippen LogP contribution in [0.4, 0.5) is 36.1 Å². The average molecular weight is 660 g/mol. The summed E-state index contributed by atoms with van der Waals surface area (Å²) in [6.45, 7) is 7.20. The molecule has 5 rings (SSSR count). The summed E-state index contributed by atoms with van der Waals surface area (Å²) in [6.07, 6.45) is -0.972. The number of hydrogen-bond acceptors (Lipinski definition) is 8. The molecule has 2 saturated heterocycles. The van der Waals surface area contributed by atoms with Crippen LogP contribution in [0.25, 0.3) is 0 Å². The van der Waals surface area contributed by atoms with Crippen LogP contribution in [-0.2, 0) is 6.54 Å². The Bertz CT molecular complexity index is 1540. The molecule has 3 heterocycles. The number of hydrogen-bond donors (Lipinski definition) is 2. The molecule has 2 N–H and O–H groups in total. The molecule has 0 saturated carbocycles. The van der Waals surface area contributed by atoms with Crippen LogP contribution in [-0.4, -0.2) is 71.8 Å². The highest BCUT2D eigenvalue weighted by molar-refractivity contribution is 6.35. The van der Waals surface area contributed by atoms with Crippen LogP contribution in [0.5, 0.6) is 0 Å². The third-order valence-electron chi connectivity index (χ3n) is 8.21. The van der Waals surface area contributed by atoms with Gasteiger partial charge in [-0.05, 0) is 63.5 Å². The van der Waals surface area contributed by atoms with Crippen molar-refractivity contribution in [2.24, 2.45) is 0 Å². The molecule has 43 heavy (non-hydrogen) atoms. The van der Waals surface area contributed by atoms with Gasteiger partial charge in [0.1, 0.15) is 23.7 Å². The van der Waals surface area contributed by atoms with Crippen molar-refractivity contribution in [3.8, 4) is 0 Å². The normalized spacial score (nSPS) is 21.0. The van der Waals surface area contributed by atoms with Gasteiger partial charge < -0.3 is 15.5 Å². The van der Waals surface area contributed by atoms with E-state index < -0.39 is 29.3 Å². The van der Waals surface area contributed by atoms with Crippen LogP contribution in [0.1, 0.15) is 32.3 Å². The summed E-state index contributed by atoms with van der Waals surface area (Å²) in [7, 11) is 0. The molecule has 2 aliphatic rings. The van der Waals surface area contributed by atoms with Crippen LogP contribution in [0.15, 0.2) is 40.1 Å². The lowest BCUT2D eigenvalue weighted by atomic mass is 9.97. The first-order valence-corrected chi connectivity index (χ1v) is 15.2. The van der Waals surface area contributed by atoms with E-state index in [2.05, 4.69) is 38.8 Å². The molecule has 14 heteroatoms. The van der Waals surface area contributed by atoms with E-state index in [9.17, 15) is 22.8 Å². The number of pyridine rings is 1. The van der Waals surface area contributed by atoms with Gasteiger partial charge in [-0.25, -0.2) is 4.98 Å². The number of piperazine rings is 1. The number of aromatic nitrogens is 1. The van der Waals surface area contributed by atoms with E-state index in [-0.39, 0.29) is 17.8 Å². The number of piperidine rings is 1. The molecule has 0 bridgehead atoms. The van der Waals surface area contributed by atoms with Gasteiger partial charge in [0, 0.05) is 47.8 Å². The zero-order valence-corrected chi connectivity index (χ0v) is 25.9. The monoisotopic (exact) mass is 658 g/mol. The van der Waals surface area contributed by atoms with Gasteiger partial charge >= 0.3 is 6.18 Å². The first-order valence-electron chi connectivity index (χ1n) is 14.1.